The van der Waals surface area contributed by atoms with Gasteiger partial charge >= 0.3 is 0 Å². The van der Waals surface area contributed by atoms with Crippen molar-refractivity contribution < 1.29 is 9.53 Å². The number of hydrogen-bond donors (Lipinski definition) is 0. The molecule has 1 heterocycles. The Morgan fingerprint density at radius 3 is 2.83 bits per heavy atom. The van der Waals surface area contributed by atoms with Gasteiger partial charge in [0.15, 0.2) is 5.78 Å². The van der Waals surface area contributed by atoms with Crippen LogP contribution in [0.15, 0.2) is 23.8 Å². The lowest BCUT2D eigenvalue weighted by molar-refractivity contribution is -0.124. The molecule has 0 aromatic rings. The summed E-state index contributed by atoms with van der Waals surface area (Å²) < 4.78 is 6.40. The predicted octanol–water partition coefficient (Wildman–Crippen LogP) is 4.84. The summed E-state index contributed by atoms with van der Waals surface area (Å²) in [4.78, 5) is 11.8. The molecule has 0 saturated heterocycles. The van der Waals surface area contributed by atoms with Crippen molar-refractivity contribution in [1.82, 2.24) is 0 Å². The smallest absolute Gasteiger partial charge is 0.155 e. The molecule has 0 aromatic carbocycles. The Kier molecular flexibility index (Phi) is 3.40. The van der Waals surface area contributed by atoms with Crippen molar-refractivity contribution in [3.63, 3.8) is 0 Å². The van der Waals surface area contributed by atoms with E-state index in [0.29, 0.717) is 17.1 Å². The summed E-state index contributed by atoms with van der Waals surface area (Å²) in [6.45, 7) is 3.23. The van der Waals surface area contributed by atoms with Crippen LogP contribution in [0.3, 0.4) is 0 Å². The first kappa shape index (κ1) is 15.4. The largest absolute Gasteiger partial charge is 0.366 e. The van der Waals surface area contributed by atoms with E-state index in [-0.39, 0.29) is 5.60 Å². The van der Waals surface area contributed by atoms with Gasteiger partial charge in [-0.1, -0.05) is 24.6 Å². The van der Waals surface area contributed by atoms with Gasteiger partial charge in [0.05, 0.1) is 12.2 Å². The van der Waals surface area contributed by atoms with Crippen molar-refractivity contribution in [2.24, 2.45) is 29.1 Å². The molecule has 6 atom stereocenters. The standard InChI is InChI=1S/C22H30O2/c1-2-21-11-8-18-17-7-5-16(23)14-15(17)4-6-19(18)20(21)9-12-22(21)10-3-13-24-22/h3,10,14,17-20H,2,4-9,11-13H2,1H3/t17-,18?,19?,20?,21-,22-/m0/s1. The Morgan fingerprint density at radius 2 is 2.04 bits per heavy atom. The van der Waals surface area contributed by atoms with Gasteiger partial charge in [-0.3, -0.25) is 4.79 Å². The van der Waals surface area contributed by atoms with Crippen molar-refractivity contribution in [2.75, 3.05) is 6.61 Å². The predicted molar refractivity (Wildman–Crippen MR) is 94.5 cm³/mol. The van der Waals surface area contributed by atoms with E-state index in [1.165, 1.54) is 50.5 Å². The zero-order chi connectivity index (χ0) is 16.4. The average molecular weight is 326 g/mol. The lowest BCUT2D eigenvalue weighted by Gasteiger charge is -2.56. The molecule has 0 amide bonds. The van der Waals surface area contributed by atoms with E-state index in [1.54, 1.807) is 0 Å². The number of ketones is 1. The minimum Gasteiger partial charge on any atom is -0.366 e. The normalized spacial score (nSPS) is 49.7. The molecule has 0 bridgehead atoms. The number of carbonyl (C=O) groups excluding carboxylic acids is 1. The van der Waals surface area contributed by atoms with Crippen molar-refractivity contribution in [1.29, 1.82) is 0 Å². The molecular weight excluding hydrogens is 296 g/mol. The van der Waals surface area contributed by atoms with E-state index < -0.39 is 0 Å². The van der Waals surface area contributed by atoms with Gasteiger partial charge in [-0.2, -0.15) is 0 Å². The highest BCUT2D eigenvalue weighted by Crippen LogP contribution is 2.68. The minimum atomic E-state index is 0.0516. The van der Waals surface area contributed by atoms with E-state index >= 15 is 0 Å². The Labute approximate surface area is 145 Å². The third kappa shape index (κ3) is 1.84. The summed E-state index contributed by atoms with van der Waals surface area (Å²) in [5, 5.41) is 0. The maximum Gasteiger partial charge on any atom is 0.155 e. The zero-order valence-electron chi connectivity index (χ0n) is 14.9. The second kappa shape index (κ2) is 5.30. The SMILES string of the molecule is CC[C@]12CCC3C(CCC4=CC(=O)CC[C@@H]43)C1CC[C@@]21C=CCO1. The van der Waals surface area contributed by atoms with Crippen LogP contribution in [0.5, 0.6) is 0 Å². The van der Waals surface area contributed by atoms with Crippen LogP contribution in [0.4, 0.5) is 0 Å². The maximum absolute atomic E-state index is 11.8. The second-order valence-corrected chi connectivity index (χ2v) is 8.99. The third-order valence-electron chi connectivity index (χ3n) is 8.63. The highest BCUT2D eigenvalue weighted by atomic mass is 16.5. The highest BCUT2D eigenvalue weighted by Gasteiger charge is 2.64. The Balaban J connectivity index is 1.49. The number of fused-ring (bicyclic) bond motifs is 6. The Hall–Kier alpha value is -0.890. The monoisotopic (exact) mass is 326 g/mol. The van der Waals surface area contributed by atoms with Gasteiger partial charge in [-0.25, -0.2) is 0 Å². The first-order chi connectivity index (χ1) is 11.7. The van der Waals surface area contributed by atoms with E-state index in [0.717, 1.165) is 37.2 Å². The molecule has 1 aliphatic heterocycles. The fraction of sp³-hybridized carbons (Fsp3) is 0.773. The Bertz CT molecular complexity index is 617. The molecule has 3 saturated carbocycles. The van der Waals surface area contributed by atoms with Crippen LogP contribution < -0.4 is 0 Å². The molecule has 4 aliphatic carbocycles. The fourth-order valence-electron chi connectivity index (χ4n) is 7.72. The summed E-state index contributed by atoms with van der Waals surface area (Å²) in [7, 11) is 0. The molecular formula is C22H30O2. The number of hydrogen-bond acceptors (Lipinski definition) is 2. The van der Waals surface area contributed by atoms with Crippen LogP contribution in [0.2, 0.25) is 0 Å². The number of ether oxygens (including phenoxy) is 1. The lowest BCUT2D eigenvalue weighted by Crippen LogP contribution is -2.53. The summed E-state index contributed by atoms with van der Waals surface area (Å²) in [6, 6.07) is 0. The maximum atomic E-state index is 11.8. The summed E-state index contributed by atoms with van der Waals surface area (Å²) in [5.74, 6) is 3.63. The van der Waals surface area contributed by atoms with Crippen LogP contribution in [-0.2, 0) is 9.53 Å². The number of rotatable bonds is 1. The average Bonchev–Trinajstić information content (AvgIpc) is 3.21. The molecule has 3 unspecified atom stereocenters. The van der Waals surface area contributed by atoms with Gasteiger partial charge in [0.2, 0.25) is 0 Å². The van der Waals surface area contributed by atoms with Crippen LogP contribution in [0.25, 0.3) is 0 Å². The number of allylic oxidation sites excluding steroid dienone is 1. The summed E-state index contributed by atoms with van der Waals surface area (Å²) in [6.07, 6.45) is 17.6. The van der Waals surface area contributed by atoms with Gasteiger partial charge in [0, 0.05) is 11.8 Å². The molecule has 0 radical (unpaired) electrons. The van der Waals surface area contributed by atoms with E-state index in [4.69, 9.17) is 4.74 Å². The van der Waals surface area contributed by atoms with Gasteiger partial charge < -0.3 is 4.74 Å². The molecule has 130 valence electrons. The van der Waals surface area contributed by atoms with Crippen LogP contribution >= 0.6 is 0 Å². The lowest BCUT2D eigenvalue weighted by atomic mass is 9.49. The van der Waals surface area contributed by atoms with Gasteiger partial charge in [-0.15, -0.1) is 0 Å². The molecule has 0 aromatic heterocycles. The molecule has 3 fully saturated rings. The Morgan fingerprint density at radius 1 is 1.12 bits per heavy atom. The summed E-state index contributed by atoms with van der Waals surface area (Å²) in [5.41, 5.74) is 1.93. The van der Waals surface area contributed by atoms with Crippen molar-refractivity contribution in [3.05, 3.63) is 23.8 Å². The minimum absolute atomic E-state index is 0.0516. The first-order valence-corrected chi connectivity index (χ1v) is 10.2. The van der Waals surface area contributed by atoms with Crippen LogP contribution in [0.1, 0.15) is 64.7 Å². The molecule has 24 heavy (non-hydrogen) atoms. The van der Waals surface area contributed by atoms with E-state index in [1.807, 2.05) is 6.08 Å². The van der Waals surface area contributed by atoms with E-state index in [2.05, 4.69) is 19.1 Å². The fourth-order valence-corrected chi connectivity index (χ4v) is 7.72. The molecule has 1 spiro atoms. The zero-order valence-corrected chi connectivity index (χ0v) is 14.9. The molecule has 2 heteroatoms. The van der Waals surface area contributed by atoms with Gasteiger partial charge in [-0.05, 0) is 81.1 Å². The second-order valence-electron chi connectivity index (χ2n) is 8.99. The molecule has 0 N–H and O–H groups in total. The topological polar surface area (TPSA) is 26.3 Å². The number of carbonyl (C=O) groups is 1. The van der Waals surface area contributed by atoms with Crippen LogP contribution in [0, 0.1) is 29.1 Å². The molecule has 2 nitrogen and oxygen atoms in total. The van der Waals surface area contributed by atoms with Crippen molar-refractivity contribution in [2.45, 2.75) is 70.3 Å². The van der Waals surface area contributed by atoms with Crippen molar-refractivity contribution >= 4 is 5.78 Å². The van der Waals surface area contributed by atoms with Gasteiger partial charge in [0.25, 0.3) is 0 Å². The van der Waals surface area contributed by atoms with Crippen molar-refractivity contribution in [3.8, 4) is 0 Å². The summed E-state index contributed by atoms with van der Waals surface area (Å²) >= 11 is 0. The van der Waals surface area contributed by atoms with E-state index in [9.17, 15) is 4.79 Å². The molecule has 5 aliphatic rings. The third-order valence-corrected chi connectivity index (χ3v) is 8.63. The van der Waals surface area contributed by atoms with Gasteiger partial charge in [0.1, 0.15) is 0 Å². The molecule has 5 rings (SSSR count). The first-order valence-electron chi connectivity index (χ1n) is 10.2. The van der Waals surface area contributed by atoms with Crippen LogP contribution in [-0.4, -0.2) is 18.0 Å². The quantitative estimate of drug-likeness (QED) is 0.644. The highest BCUT2D eigenvalue weighted by molar-refractivity contribution is 5.91.